The topological polar surface area (TPSA) is 38.8 Å². The summed E-state index contributed by atoms with van der Waals surface area (Å²) in [5.41, 5.74) is 1.09. The van der Waals surface area contributed by atoms with Crippen molar-refractivity contribution < 1.29 is 14.3 Å². The number of fused-ring (bicyclic) bond motifs is 1. The third-order valence-corrected chi connectivity index (χ3v) is 4.11. The average molecular weight is 275 g/mol. The van der Waals surface area contributed by atoms with Crippen LogP contribution in [-0.4, -0.2) is 31.1 Å². The Morgan fingerprint density at radius 3 is 2.65 bits per heavy atom. The van der Waals surface area contributed by atoms with Crippen molar-refractivity contribution in [1.82, 2.24) is 4.90 Å². The van der Waals surface area contributed by atoms with Crippen LogP contribution in [0.25, 0.3) is 0 Å². The van der Waals surface area contributed by atoms with E-state index in [-0.39, 0.29) is 11.8 Å². The van der Waals surface area contributed by atoms with Gasteiger partial charge in [0.1, 0.15) is 13.2 Å². The van der Waals surface area contributed by atoms with Crippen LogP contribution in [0.5, 0.6) is 11.5 Å². The lowest BCUT2D eigenvalue weighted by Gasteiger charge is -2.23. The third-order valence-electron chi connectivity index (χ3n) is 4.11. The highest BCUT2D eigenvalue weighted by Crippen LogP contribution is 2.31. The van der Waals surface area contributed by atoms with E-state index in [1.807, 2.05) is 30.1 Å². The number of carbonyl (C=O) groups excluding carboxylic acids is 1. The van der Waals surface area contributed by atoms with Gasteiger partial charge in [0, 0.05) is 19.5 Å². The maximum atomic E-state index is 12.3. The molecule has 1 amide bonds. The highest BCUT2D eigenvalue weighted by molar-refractivity contribution is 5.78. The highest BCUT2D eigenvalue weighted by atomic mass is 16.6. The fourth-order valence-electron chi connectivity index (χ4n) is 3.02. The van der Waals surface area contributed by atoms with Crippen LogP contribution < -0.4 is 9.47 Å². The Morgan fingerprint density at radius 2 is 1.90 bits per heavy atom. The fourth-order valence-corrected chi connectivity index (χ4v) is 3.02. The molecule has 1 heterocycles. The second-order valence-corrected chi connectivity index (χ2v) is 5.65. The van der Waals surface area contributed by atoms with E-state index >= 15 is 0 Å². The molecule has 0 bridgehead atoms. The predicted molar refractivity (Wildman–Crippen MR) is 75.9 cm³/mol. The molecule has 1 fully saturated rings. The molecule has 0 N–H and O–H groups in total. The van der Waals surface area contributed by atoms with Gasteiger partial charge in [0.05, 0.1) is 0 Å². The van der Waals surface area contributed by atoms with Crippen molar-refractivity contribution >= 4 is 5.91 Å². The molecule has 0 radical (unpaired) electrons. The van der Waals surface area contributed by atoms with Crippen molar-refractivity contribution in [2.75, 3.05) is 20.3 Å². The fraction of sp³-hybridized carbons (Fsp3) is 0.562. The lowest BCUT2D eigenvalue weighted by Crippen LogP contribution is -2.31. The van der Waals surface area contributed by atoms with E-state index in [1.165, 1.54) is 12.8 Å². The molecule has 108 valence electrons. The first-order valence-electron chi connectivity index (χ1n) is 7.37. The Hall–Kier alpha value is -1.71. The zero-order valence-corrected chi connectivity index (χ0v) is 11.9. The van der Waals surface area contributed by atoms with Crippen LogP contribution in [0.1, 0.15) is 31.2 Å². The molecule has 0 atom stereocenters. The zero-order valence-electron chi connectivity index (χ0n) is 11.9. The summed E-state index contributed by atoms with van der Waals surface area (Å²) in [4.78, 5) is 14.1. The first-order valence-corrected chi connectivity index (χ1v) is 7.37. The third kappa shape index (κ3) is 2.74. The quantitative estimate of drug-likeness (QED) is 0.851. The van der Waals surface area contributed by atoms with Crippen LogP contribution in [-0.2, 0) is 11.3 Å². The molecule has 0 aromatic heterocycles. The number of hydrogen-bond donors (Lipinski definition) is 0. The second-order valence-electron chi connectivity index (χ2n) is 5.65. The molecular formula is C16H21NO3. The molecule has 20 heavy (non-hydrogen) atoms. The standard InChI is InChI=1S/C16H21NO3/c1-17(16(18)13-4-2-3-5-13)11-12-6-7-14-15(10-12)20-9-8-19-14/h6-7,10,13H,2-5,8-9,11H2,1H3. The number of ether oxygens (including phenoxy) is 2. The Balaban J connectivity index is 1.66. The van der Waals surface area contributed by atoms with E-state index in [0.29, 0.717) is 19.8 Å². The number of benzene rings is 1. The highest BCUT2D eigenvalue weighted by Gasteiger charge is 2.25. The first-order chi connectivity index (χ1) is 9.74. The molecule has 1 aliphatic carbocycles. The van der Waals surface area contributed by atoms with Gasteiger partial charge in [-0.15, -0.1) is 0 Å². The van der Waals surface area contributed by atoms with Crippen molar-refractivity contribution in [3.63, 3.8) is 0 Å². The van der Waals surface area contributed by atoms with Crippen molar-refractivity contribution in [2.45, 2.75) is 32.2 Å². The van der Waals surface area contributed by atoms with Crippen LogP contribution in [0.3, 0.4) is 0 Å². The summed E-state index contributed by atoms with van der Waals surface area (Å²) in [6.45, 7) is 1.83. The van der Waals surface area contributed by atoms with Gasteiger partial charge >= 0.3 is 0 Å². The van der Waals surface area contributed by atoms with Crippen molar-refractivity contribution in [1.29, 1.82) is 0 Å². The van der Waals surface area contributed by atoms with Crippen LogP contribution in [0, 0.1) is 5.92 Å². The minimum absolute atomic E-state index is 0.234. The SMILES string of the molecule is CN(Cc1ccc2c(c1)OCCO2)C(=O)C1CCCC1. The van der Waals surface area contributed by atoms with Gasteiger partial charge in [0.15, 0.2) is 11.5 Å². The molecule has 1 saturated carbocycles. The van der Waals surface area contributed by atoms with Crippen molar-refractivity contribution in [3.05, 3.63) is 23.8 Å². The van der Waals surface area contributed by atoms with Gasteiger partial charge in [-0.05, 0) is 30.5 Å². The molecule has 1 aromatic carbocycles. The molecule has 0 unspecified atom stereocenters. The molecule has 4 nitrogen and oxygen atoms in total. The minimum Gasteiger partial charge on any atom is -0.486 e. The summed E-state index contributed by atoms with van der Waals surface area (Å²) < 4.78 is 11.1. The normalized spacial score (nSPS) is 18.1. The lowest BCUT2D eigenvalue weighted by atomic mass is 10.1. The van der Waals surface area contributed by atoms with Gasteiger partial charge in [-0.1, -0.05) is 18.9 Å². The predicted octanol–water partition coefficient (Wildman–Crippen LogP) is 2.61. The van der Waals surface area contributed by atoms with E-state index in [4.69, 9.17) is 9.47 Å². The lowest BCUT2D eigenvalue weighted by molar-refractivity contribution is -0.134. The summed E-state index contributed by atoms with van der Waals surface area (Å²) in [6.07, 6.45) is 4.47. The maximum Gasteiger partial charge on any atom is 0.225 e. The molecule has 1 aliphatic heterocycles. The van der Waals surface area contributed by atoms with Gasteiger partial charge in [0.2, 0.25) is 5.91 Å². The summed E-state index contributed by atoms with van der Waals surface area (Å²) >= 11 is 0. The summed E-state index contributed by atoms with van der Waals surface area (Å²) in [5, 5.41) is 0. The Kier molecular flexibility index (Phi) is 3.81. The number of nitrogens with zero attached hydrogens (tertiary/aromatic N) is 1. The molecular weight excluding hydrogens is 254 g/mol. The van der Waals surface area contributed by atoms with Crippen molar-refractivity contribution in [2.24, 2.45) is 5.92 Å². The van der Waals surface area contributed by atoms with E-state index in [2.05, 4.69) is 0 Å². The Labute approximate surface area is 119 Å². The van der Waals surface area contributed by atoms with Gasteiger partial charge < -0.3 is 14.4 Å². The summed E-state index contributed by atoms with van der Waals surface area (Å²) in [6, 6.07) is 5.91. The number of rotatable bonds is 3. The zero-order chi connectivity index (χ0) is 13.9. The number of amides is 1. The van der Waals surface area contributed by atoms with Crippen LogP contribution in [0.15, 0.2) is 18.2 Å². The molecule has 2 aliphatic rings. The van der Waals surface area contributed by atoms with E-state index < -0.39 is 0 Å². The summed E-state index contributed by atoms with van der Waals surface area (Å²) in [7, 11) is 1.89. The largest absolute Gasteiger partial charge is 0.486 e. The van der Waals surface area contributed by atoms with Crippen LogP contribution in [0.2, 0.25) is 0 Å². The van der Waals surface area contributed by atoms with Gasteiger partial charge in [-0.25, -0.2) is 0 Å². The molecule has 0 saturated heterocycles. The van der Waals surface area contributed by atoms with Crippen molar-refractivity contribution in [3.8, 4) is 11.5 Å². The maximum absolute atomic E-state index is 12.3. The molecule has 3 rings (SSSR count). The molecule has 4 heteroatoms. The van der Waals surface area contributed by atoms with Crippen LogP contribution in [0.4, 0.5) is 0 Å². The summed E-state index contributed by atoms with van der Waals surface area (Å²) in [5.74, 6) is 2.09. The molecule has 1 aromatic rings. The Morgan fingerprint density at radius 1 is 1.20 bits per heavy atom. The van der Waals surface area contributed by atoms with Crippen LogP contribution >= 0.6 is 0 Å². The van der Waals surface area contributed by atoms with Gasteiger partial charge in [-0.2, -0.15) is 0 Å². The van der Waals surface area contributed by atoms with Gasteiger partial charge in [0.25, 0.3) is 0 Å². The minimum atomic E-state index is 0.234. The Bertz CT molecular complexity index is 494. The van der Waals surface area contributed by atoms with E-state index in [0.717, 1.165) is 29.9 Å². The van der Waals surface area contributed by atoms with Gasteiger partial charge in [-0.3, -0.25) is 4.79 Å². The monoisotopic (exact) mass is 275 g/mol. The average Bonchev–Trinajstić information content (AvgIpc) is 3.00. The number of carbonyl (C=O) groups is 1. The number of hydrogen-bond acceptors (Lipinski definition) is 3. The van der Waals surface area contributed by atoms with E-state index in [1.54, 1.807) is 0 Å². The smallest absolute Gasteiger partial charge is 0.225 e. The first kappa shape index (κ1) is 13.3. The molecule has 0 spiro atoms. The second kappa shape index (κ2) is 5.73. The van der Waals surface area contributed by atoms with E-state index in [9.17, 15) is 4.79 Å².